The number of halogens is 1. The molecule has 0 radical (unpaired) electrons. The smallest absolute Gasteiger partial charge is 0.312 e. The number of methoxy groups -OCH3 is 1. The fraction of sp³-hybridized carbons (Fsp3) is 0.312. The highest BCUT2D eigenvalue weighted by Crippen LogP contribution is 2.37. The number of pyridine rings is 1. The molecule has 0 saturated carbocycles. The monoisotopic (exact) mass is 333 g/mol. The molecule has 1 aromatic heterocycles. The third-order valence-corrected chi connectivity index (χ3v) is 4.29. The van der Waals surface area contributed by atoms with Gasteiger partial charge in [-0.25, -0.2) is 0 Å². The van der Waals surface area contributed by atoms with Crippen molar-refractivity contribution in [1.29, 1.82) is 0 Å². The quantitative estimate of drug-likeness (QED) is 0.634. The molecule has 2 heterocycles. The van der Waals surface area contributed by atoms with Crippen LogP contribution in [-0.2, 0) is 13.0 Å². The molecule has 3 rings (SSSR count). The minimum absolute atomic E-state index is 0.0607. The van der Waals surface area contributed by atoms with Crippen LogP contribution < -0.4 is 9.64 Å². The normalized spacial score (nSPS) is 14.1. The summed E-state index contributed by atoms with van der Waals surface area (Å²) in [5.74, 6) is 0.824. The van der Waals surface area contributed by atoms with E-state index in [0.29, 0.717) is 23.8 Å². The van der Waals surface area contributed by atoms with Gasteiger partial charge in [0.2, 0.25) is 0 Å². The molecule has 0 atom stereocenters. The minimum Gasteiger partial charge on any atom is -0.497 e. The van der Waals surface area contributed by atoms with Crippen molar-refractivity contribution in [1.82, 2.24) is 4.98 Å². The highest BCUT2D eigenvalue weighted by Gasteiger charge is 2.25. The summed E-state index contributed by atoms with van der Waals surface area (Å²) in [7, 11) is 1.64. The van der Waals surface area contributed by atoms with E-state index in [9.17, 15) is 10.1 Å². The van der Waals surface area contributed by atoms with Crippen molar-refractivity contribution in [3.63, 3.8) is 0 Å². The van der Waals surface area contributed by atoms with Gasteiger partial charge in [-0.2, -0.15) is 0 Å². The largest absolute Gasteiger partial charge is 0.497 e. The highest BCUT2D eigenvalue weighted by atomic mass is 35.5. The van der Waals surface area contributed by atoms with Crippen LogP contribution in [0, 0.1) is 10.1 Å². The van der Waals surface area contributed by atoms with E-state index in [1.54, 1.807) is 7.11 Å². The van der Waals surface area contributed by atoms with Gasteiger partial charge in [0.25, 0.3) is 0 Å². The van der Waals surface area contributed by atoms with Crippen molar-refractivity contribution in [2.45, 2.75) is 19.4 Å². The topological polar surface area (TPSA) is 68.5 Å². The van der Waals surface area contributed by atoms with Gasteiger partial charge in [0, 0.05) is 19.3 Å². The minimum atomic E-state index is -0.436. The summed E-state index contributed by atoms with van der Waals surface area (Å²) in [5.41, 5.74) is 2.72. The number of nitrogens with zero attached hydrogens (tertiary/aromatic N) is 3. The van der Waals surface area contributed by atoms with Crippen LogP contribution >= 0.6 is 11.6 Å². The Bertz CT molecular complexity index is 751. The molecule has 0 N–H and O–H groups in total. The molecule has 0 saturated heterocycles. The Kier molecular flexibility index (Phi) is 4.34. The average molecular weight is 334 g/mol. The first-order valence-corrected chi connectivity index (χ1v) is 7.66. The van der Waals surface area contributed by atoms with Crippen LogP contribution in [0.4, 0.5) is 11.4 Å². The molecule has 23 heavy (non-hydrogen) atoms. The molecule has 0 amide bonds. The third-order valence-electron chi connectivity index (χ3n) is 4.02. The van der Waals surface area contributed by atoms with E-state index in [0.717, 1.165) is 24.2 Å². The number of hydrogen-bond donors (Lipinski definition) is 0. The zero-order chi connectivity index (χ0) is 16.4. The Morgan fingerprint density at radius 2 is 2.17 bits per heavy atom. The van der Waals surface area contributed by atoms with Gasteiger partial charge in [0.1, 0.15) is 17.6 Å². The Morgan fingerprint density at radius 3 is 2.91 bits per heavy atom. The Morgan fingerprint density at radius 1 is 1.35 bits per heavy atom. The Hall–Kier alpha value is -2.34. The number of fused-ring (bicyclic) bond motifs is 1. The van der Waals surface area contributed by atoms with Crippen molar-refractivity contribution in [3.05, 3.63) is 56.9 Å². The molecule has 2 aromatic rings. The van der Waals surface area contributed by atoms with Crippen molar-refractivity contribution in [2.24, 2.45) is 0 Å². The lowest BCUT2D eigenvalue weighted by atomic mass is 10.0. The van der Waals surface area contributed by atoms with E-state index in [-0.39, 0.29) is 5.69 Å². The van der Waals surface area contributed by atoms with Gasteiger partial charge < -0.3 is 9.64 Å². The van der Waals surface area contributed by atoms with Crippen molar-refractivity contribution in [3.8, 4) is 5.75 Å². The number of aryl methyl sites for hydroxylation is 1. The molecule has 7 heteroatoms. The second kappa shape index (κ2) is 6.42. The first-order chi connectivity index (χ1) is 11.1. The maximum Gasteiger partial charge on any atom is 0.312 e. The predicted molar refractivity (Wildman–Crippen MR) is 88.3 cm³/mol. The number of anilines is 1. The summed E-state index contributed by atoms with van der Waals surface area (Å²) in [5, 5.41) is 11.6. The average Bonchev–Trinajstić information content (AvgIpc) is 2.75. The standard InChI is InChI=1S/C16H16ClN3O3/c1-23-13-5-4-12-10-19(6-2-3-11(12)7-13)16-14(17)8-18-9-15(16)20(21)22/h4-5,7-9H,2-3,6,10H2,1H3. The van der Waals surface area contributed by atoms with E-state index in [1.807, 2.05) is 23.1 Å². The van der Waals surface area contributed by atoms with Crippen LogP contribution in [0.5, 0.6) is 5.75 Å². The summed E-state index contributed by atoms with van der Waals surface area (Å²) >= 11 is 6.21. The van der Waals surface area contributed by atoms with Gasteiger partial charge in [-0.05, 0) is 36.1 Å². The van der Waals surface area contributed by atoms with Gasteiger partial charge in [0.15, 0.2) is 0 Å². The summed E-state index contributed by atoms with van der Waals surface area (Å²) in [6.45, 7) is 1.27. The van der Waals surface area contributed by atoms with Gasteiger partial charge in [-0.3, -0.25) is 15.1 Å². The van der Waals surface area contributed by atoms with Crippen LogP contribution in [0.1, 0.15) is 17.5 Å². The lowest BCUT2D eigenvalue weighted by Gasteiger charge is -2.23. The first-order valence-electron chi connectivity index (χ1n) is 7.29. The molecule has 1 aliphatic rings. The number of nitro groups is 1. The van der Waals surface area contributed by atoms with E-state index in [1.165, 1.54) is 18.0 Å². The fourth-order valence-corrected chi connectivity index (χ4v) is 3.19. The van der Waals surface area contributed by atoms with Crippen molar-refractivity contribution < 1.29 is 9.66 Å². The maximum absolute atomic E-state index is 11.3. The van der Waals surface area contributed by atoms with Crippen LogP contribution in [0.15, 0.2) is 30.6 Å². The van der Waals surface area contributed by atoms with E-state index in [2.05, 4.69) is 4.98 Å². The Labute approximate surface area is 138 Å². The summed E-state index contributed by atoms with van der Waals surface area (Å²) in [6, 6.07) is 5.94. The molecule has 120 valence electrons. The van der Waals surface area contributed by atoms with Crippen molar-refractivity contribution >= 4 is 23.0 Å². The highest BCUT2D eigenvalue weighted by molar-refractivity contribution is 6.33. The lowest BCUT2D eigenvalue weighted by molar-refractivity contribution is -0.384. The number of aromatic nitrogens is 1. The van der Waals surface area contributed by atoms with E-state index in [4.69, 9.17) is 16.3 Å². The summed E-state index contributed by atoms with van der Waals surface area (Å²) in [4.78, 5) is 16.7. The fourth-order valence-electron chi connectivity index (χ4n) is 2.92. The van der Waals surface area contributed by atoms with Crippen molar-refractivity contribution in [2.75, 3.05) is 18.6 Å². The van der Waals surface area contributed by atoms with Crippen LogP contribution in [0.3, 0.4) is 0 Å². The van der Waals surface area contributed by atoms with Gasteiger partial charge in [-0.15, -0.1) is 0 Å². The molecule has 0 bridgehead atoms. The molecule has 0 fully saturated rings. The maximum atomic E-state index is 11.3. The number of benzene rings is 1. The number of hydrogen-bond acceptors (Lipinski definition) is 5. The molecule has 0 aliphatic carbocycles. The molecular weight excluding hydrogens is 318 g/mol. The second-order valence-electron chi connectivity index (χ2n) is 5.41. The lowest BCUT2D eigenvalue weighted by Crippen LogP contribution is -2.24. The van der Waals surface area contributed by atoms with Gasteiger partial charge >= 0.3 is 5.69 Å². The molecular formula is C16H16ClN3O3. The van der Waals surface area contributed by atoms with Crippen LogP contribution in [0.25, 0.3) is 0 Å². The molecule has 0 unspecified atom stereocenters. The summed E-state index contributed by atoms with van der Waals surface area (Å²) in [6.07, 6.45) is 4.49. The van der Waals surface area contributed by atoms with E-state index >= 15 is 0 Å². The van der Waals surface area contributed by atoms with Crippen LogP contribution in [0.2, 0.25) is 5.02 Å². The zero-order valence-corrected chi connectivity index (χ0v) is 13.4. The third kappa shape index (κ3) is 3.07. The molecule has 1 aliphatic heterocycles. The summed E-state index contributed by atoms with van der Waals surface area (Å²) < 4.78 is 5.27. The molecule has 0 spiro atoms. The SMILES string of the molecule is COc1ccc2c(c1)CCCN(c1c(Cl)cncc1[N+](=O)[O-])C2. The zero-order valence-electron chi connectivity index (χ0n) is 12.7. The predicted octanol–water partition coefficient (Wildman–Crippen LogP) is 3.60. The molecule has 6 nitrogen and oxygen atoms in total. The Balaban J connectivity index is 2.00. The molecule has 1 aromatic carbocycles. The first kappa shape index (κ1) is 15.6. The second-order valence-corrected chi connectivity index (χ2v) is 5.81. The number of ether oxygens (including phenoxy) is 1. The van der Waals surface area contributed by atoms with Crippen LogP contribution in [-0.4, -0.2) is 23.6 Å². The van der Waals surface area contributed by atoms with Gasteiger partial charge in [0.05, 0.1) is 17.1 Å². The number of rotatable bonds is 3. The van der Waals surface area contributed by atoms with Gasteiger partial charge in [-0.1, -0.05) is 17.7 Å². The van der Waals surface area contributed by atoms with E-state index < -0.39 is 4.92 Å².